The monoisotopic (exact) mass is 312 g/mol. The van der Waals surface area contributed by atoms with Crippen molar-refractivity contribution < 1.29 is 5.11 Å². The average Bonchev–Trinajstić information content (AvgIpc) is 2.67. The second kappa shape index (κ2) is 5.57. The van der Waals surface area contributed by atoms with Crippen LogP contribution in [0.4, 0.5) is 0 Å². The zero-order valence-electron chi connectivity index (χ0n) is 11.1. The van der Waals surface area contributed by atoms with Gasteiger partial charge in [0.25, 0.3) is 0 Å². The quantitative estimate of drug-likeness (QED) is 0.867. The summed E-state index contributed by atoms with van der Waals surface area (Å²) in [4.78, 5) is 0. The van der Waals surface area contributed by atoms with Crippen LogP contribution < -0.4 is 0 Å². The molecule has 1 heterocycles. The van der Waals surface area contributed by atoms with Crippen molar-refractivity contribution in [3.05, 3.63) is 28.0 Å². The minimum absolute atomic E-state index is 0.644. The predicted molar refractivity (Wildman–Crippen MR) is 76.6 cm³/mol. The largest absolute Gasteiger partial charge is 0.385 e. The number of aryl methyl sites for hydroxylation is 2. The molecule has 0 radical (unpaired) electrons. The highest BCUT2D eigenvalue weighted by molar-refractivity contribution is 9.10. The molecule has 0 fully saturated rings. The molecule has 0 saturated heterocycles. The van der Waals surface area contributed by atoms with E-state index >= 15 is 0 Å². The lowest BCUT2D eigenvalue weighted by atomic mass is 9.87. The van der Waals surface area contributed by atoms with Crippen molar-refractivity contribution >= 4 is 15.9 Å². The van der Waals surface area contributed by atoms with E-state index in [1.165, 1.54) is 0 Å². The summed E-state index contributed by atoms with van der Waals surface area (Å²) in [6.45, 7) is 5.03. The highest BCUT2D eigenvalue weighted by atomic mass is 79.9. The summed E-state index contributed by atoms with van der Waals surface area (Å²) in [5.41, 5.74) is 1.50. The first kappa shape index (κ1) is 13.8. The van der Waals surface area contributed by atoms with E-state index in [1.54, 1.807) is 0 Å². The van der Waals surface area contributed by atoms with Crippen LogP contribution >= 0.6 is 15.9 Å². The number of allylic oxidation sites excluding steroid dienone is 1. The van der Waals surface area contributed by atoms with Crippen LogP contribution in [0.5, 0.6) is 0 Å². The number of nitrogens with zero attached hydrogens (tertiary/aromatic N) is 2. The third kappa shape index (κ3) is 2.69. The van der Waals surface area contributed by atoms with E-state index in [-0.39, 0.29) is 0 Å². The van der Waals surface area contributed by atoms with Crippen LogP contribution in [0.3, 0.4) is 0 Å². The smallest absolute Gasteiger partial charge is 0.0883 e. The van der Waals surface area contributed by atoms with Crippen LogP contribution in [0.1, 0.15) is 44.5 Å². The van der Waals surface area contributed by atoms with Crippen LogP contribution in [0.2, 0.25) is 0 Å². The van der Waals surface area contributed by atoms with Gasteiger partial charge in [-0.15, -0.1) is 0 Å². The summed E-state index contributed by atoms with van der Waals surface area (Å²) in [5.74, 6) is 0. The van der Waals surface area contributed by atoms with E-state index in [0.717, 1.165) is 48.1 Å². The lowest BCUT2D eigenvalue weighted by Gasteiger charge is -2.27. The predicted octanol–water partition coefficient (Wildman–Crippen LogP) is 3.24. The maximum atomic E-state index is 10.6. The molecule has 18 heavy (non-hydrogen) atoms. The highest BCUT2D eigenvalue weighted by Crippen LogP contribution is 2.31. The van der Waals surface area contributed by atoms with Gasteiger partial charge in [0, 0.05) is 13.0 Å². The lowest BCUT2D eigenvalue weighted by Crippen LogP contribution is -2.31. The second-order valence-corrected chi connectivity index (χ2v) is 5.74. The van der Waals surface area contributed by atoms with Crippen LogP contribution in [0, 0.1) is 0 Å². The Morgan fingerprint density at radius 3 is 2.83 bits per heavy atom. The van der Waals surface area contributed by atoms with Crippen LogP contribution in [-0.2, 0) is 19.4 Å². The molecule has 0 spiro atoms. The molecule has 1 atom stereocenters. The number of rotatable bonds is 4. The number of hydrogen-bond acceptors (Lipinski definition) is 2. The third-order valence-corrected chi connectivity index (χ3v) is 4.49. The zero-order chi connectivity index (χ0) is 13.2. The minimum atomic E-state index is -0.696. The molecule has 1 N–H and O–H groups in total. The van der Waals surface area contributed by atoms with Crippen LogP contribution in [-0.4, -0.2) is 20.5 Å². The molecule has 1 aromatic heterocycles. The molecule has 100 valence electrons. The Balaban J connectivity index is 2.30. The average molecular weight is 313 g/mol. The molecule has 4 heteroatoms. The summed E-state index contributed by atoms with van der Waals surface area (Å²) in [6.07, 6.45) is 8.58. The molecule has 1 aliphatic rings. The van der Waals surface area contributed by atoms with Crippen molar-refractivity contribution in [3.8, 4) is 0 Å². The fourth-order valence-electron chi connectivity index (χ4n) is 2.54. The maximum Gasteiger partial charge on any atom is 0.0883 e. The van der Waals surface area contributed by atoms with Gasteiger partial charge in [-0.05, 0) is 48.5 Å². The number of aliphatic hydroxyl groups is 1. The molecule has 0 aromatic carbocycles. The van der Waals surface area contributed by atoms with Gasteiger partial charge < -0.3 is 5.11 Å². The van der Waals surface area contributed by atoms with Gasteiger partial charge in [0.15, 0.2) is 0 Å². The van der Waals surface area contributed by atoms with Gasteiger partial charge >= 0.3 is 0 Å². The molecule has 0 bridgehead atoms. The van der Waals surface area contributed by atoms with Gasteiger partial charge in [-0.1, -0.05) is 19.1 Å². The fourth-order valence-corrected chi connectivity index (χ4v) is 3.24. The van der Waals surface area contributed by atoms with Gasteiger partial charge in [0.2, 0.25) is 0 Å². The molecule has 0 saturated carbocycles. The van der Waals surface area contributed by atoms with E-state index in [0.29, 0.717) is 6.42 Å². The van der Waals surface area contributed by atoms with Gasteiger partial charge in [-0.25, -0.2) is 0 Å². The number of hydrogen-bond donors (Lipinski definition) is 1. The van der Waals surface area contributed by atoms with E-state index in [4.69, 9.17) is 0 Å². The second-order valence-electron chi connectivity index (χ2n) is 4.95. The molecule has 0 aliphatic heterocycles. The van der Waals surface area contributed by atoms with E-state index in [2.05, 4.69) is 41.0 Å². The van der Waals surface area contributed by atoms with Crippen molar-refractivity contribution in [2.75, 3.05) is 0 Å². The van der Waals surface area contributed by atoms with Gasteiger partial charge in [-0.2, -0.15) is 5.10 Å². The van der Waals surface area contributed by atoms with Crippen LogP contribution in [0.15, 0.2) is 16.6 Å². The molecule has 1 unspecified atom stereocenters. The first-order valence-corrected chi connectivity index (χ1v) is 7.53. The topological polar surface area (TPSA) is 38.0 Å². The Morgan fingerprint density at radius 2 is 2.28 bits per heavy atom. The standard InChI is InChI=1S/C14H21BrN2O/c1-3-11-13(15)12(17(4-2)16-11)10-14(18)8-6-5-7-9-14/h6,8,18H,3-5,7,9-10H2,1-2H3. The molecule has 2 rings (SSSR count). The molecular formula is C14H21BrN2O. The number of halogens is 1. The lowest BCUT2D eigenvalue weighted by molar-refractivity contribution is 0.0727. The van der Waals surface area contributed by atoms with E-state index < -0.39 is 5.60 Å². The molecular weight excluding hydrogens is 292 g/mol. The minimum Gasteiger partial charge on any atom is -0.385 e. The zero-order valence-corrected chi connectivity index (χ0v) is 12.7. The summed E-state index contributed by atoms with van der Waals surface area (Å²) in [7, 11) is 0. The van der Waals surface area contributed by atoms with E-state index in [9.17, 15) is 5.11 Å². The van der Waals surface area contributed by atoms with Crippen molar-refractivity contribution in [2.24, 2.45) is 0 Å². The SMILES string of the molecule is CCc1nn(CC)c(CC2(O)C=CCCC2)c1Br. The normalized spacial score (nSPS) is 23.6. The Kier molecular flexibility index (Phi) is 4.28. The Bertz CT molecular complexity index is 453. The van der Waals surface area contributed by atoms with Crippen molar-refractivity contribution in [2.45, 2.75) is 58.1 Å². The van der Waals surface area contributed by atoms with Gasteiger partial charge in [-0.3, -0.25) is 4.68 Å². The number of aromatic nitrogens is 2. The summed E-state index contributed by atoms with van der Waals surface area (Å²) < 4.78 is 3.07. The Morgan fingerprint density at radius 1 is 1.50 bits per heavy atom. The molecule has 1 aromatic rings. The maximum absolute atomic E-state index is 10.6. The molecule has 1 aliphatic carbocycles. The van der Waals surface area contributed by atoms with Crippen molar-refractivity contribution in [1.29, 1.82) is 0 Å². The Hall–Kier alpha value is -0.610. The van der Waals surface area contributed by atoms with Crippen molar-refractivity contribution in [3.63, 3.8) is 0 Å². The van der Waals surface area contributed by atoms with Crippen LogP contribution in [0.25, 0.3) is 0 Å². The highest BCUT2D eigenvalue weighted by Gasteiger charge is 2.29. The third-order valence-electron chi connectivity index (χ3n) is 3.58. The Labute approximate surface area is 117 Å². The first-order chi connectivity index (χ1) is 8.59. The summed E-state index contributed by atoms with van der Waals surface area (Å²) in [6, 6.07) is 0. The fraction of sp³-hybridized carbons (Fsp3) is 0.643. The van der Waals surface area contributed by atoms with Gasteiger partial charge in [0.1, 0.15) is 0 Å². The molecule has 3 nitrogen and oxygen atoms in total. The summed E-state index contributed by atoms with van der Waals surface area (Å²) in [5, 5.41) is 15.2. The summed E-state index contributed by atoms with van der Waals surface area (Å²) >= 11 is 3.64. The van der Waals surface area contributed by atoms with E-state index in [1.807, 2.05) is 10.8 Å². The van der Waals surface area contributed by atoms with Gasteiger partial charge in [0.05, 0.1) is 21.5 Å². The molecule has 0 amide bonds. The van der Waals surface area contributed by atoms with Crippen molar-refractivity contribution in [1.82, 2.24) is 9.78 Å². The first-order valence-electron chi connectivity index (χ1n) is 6.73.